The van der Waals surface area contributed by atoms with E-state index in [9.17, 15) is 12.8 Å². The van der Waals surface area contributed by atoms with Gasteiger partial charge in [0.15, 0.2) is 0 Å². The predicted octanol–water partition coefficient (Wildman–Crippen LogP) is 2.02. The van der Waals surface area contributed by atoms with E-state index in [4.69, 9.17) is 10.5 Å². The summed E-state index contributed by atoms with van der Waals surface area (Å²) in [5.41, 5.74) is 5.23. The number of hydrogen-bond acceptors (Lipinski definition) is 4. The van der Waals surface area contributed by atoms with Gasteiger partial charge in [0.2, 0.25) is 10.0 Å². The van der Waals surface area contributed by atoms with Crippen LogP contribution in [0.15, 0.2) is 21.5 Å². The molecule has 1 aliphatic carbocycles. The topological polar surface area (TPSA) is 81.4 Å². The maximum absolute atomic E-state index is 13.3. The SMILES string of the molecule is COC1CCC(NS(=O)(=O)c2cc(N)c(F)cc2Br)C1. The van der Waals surface area contributed by atoms with E-state index in [2.05, 4.69) is 20.7 Å². The van der Waals surface area contributed by atoms with Crippen molar-refractivity contribution in [2.45, 2.75) is 36.3 Å². The zero-order valence-corrected chi connectivity index (χ0v) is 13.3. The Bertz CT molecular complexity index is 609. The van der Waals surface area contributed by atoms with Crippen molar-refractivity contribution in [3.63, 3.8) is 0 Å². The fourth-order valence-electron chi connectivity index (χ4n) is 2.29. The monoisotopic (exact) mass is 366 g/mol. The van der Waals surface area contributed by atoms with Crippen LogP contribution in [0.25, 0.3) is 0 Å². The molecule has 1 saturated carbocycles. The van der Waals surface area contributed by atoms with Crippen LogP contribution in [0, 0.1) is 5.82 Å². The highest BCUT2D eigenvalue weighted by molar-refractivity contribution is 9.10. The Morgan fingerprint density at radius 1 is 1.45 bits per heavy atom. The molecule has 3 N–H and O–H groups in total. The highest BCUT2D eigenvalue weighted by atomic mass is 79.9. The molecule has 112 valence electrons. The highest BCUT2D eigenvalue weighted by Gasteiger charge is 2.29. The third-order valence-corrected chi connectivity index (χ3v) is 5.86. The van der Waals surface area contributed by atoms with Gasteiger partial charge in [-0.3, -0.25) is 0 Å². The second-order valence-corrected chi connectivity index (χ2v) is 7.33. The van der Waals surface area contributed by atoms with Crippen molar-refractivity contribution in [1.29, 1.82) is 0 Å². The van der Waals surface area contributed by atoms with Gasteiger partial charge in [-0.05, 0) is 47.3 Å². The molecular formula is C12H16BrFN2O3S. The summed E-state index contributed by atoms with van der Waals surface area (Å²) in [5.74, 6) is -0.656. The number of methoxy groups -OCH3 is 1. The maximum atomic E-state index is 13.3. The molecule has 0 radical (unpaired) electrons. The molecule has 20 heavy (non-hydrogen) atoms. The van der Waals surface area contributed by atoms with Gasteiger partial charge in [-0.1, -0.05) is 0 Å². The number of hydrogen-bond donors (Lipinski definition) is 2. The fourth-order valence-corrected chi connectivity index (χ4v) is 4.63. The molecule has 1 aromatic carbocycles. The number of ether oxygens (including phenoxy) is 1. The molecule has 0 aromatic heterocycles. The Morgan fingerprint density at radius 2 is 2.15 bits per heavy atom. The zero-order valence-electron chi connectivity index (χ0n) is 10.9. The van der Waals surface area contributed by atoms with Gasteiger partial charge in [0.05, 0.1) is 16.7 Å². The average molecular weight is 367 g/mol. The Hall–Kier alpha value is -0.700. The Balaban J connectivity index is 2.21. The van der Waals surface area contributed by atoms with Crippen LogP contribution in [0.5, 0.6) is 0 Å². The summed E-state index contributed by atoms with van der Waals surface area (Å²) >= 11 is 3.05. The number of benzene rings is 1. The van der Waals surface area contributed by atoms with Crippen molar-refractivity contribution in [2.75, 3.05) is 12.8 Å². The van der Waals surface area contributed by atoms with Crippen molar-refractivity contribution in [3.05, 3.63) is 22.4 Å². The third kappa shape index (κ3) is 3.30. The minimum Gasteiger partial charge on any atom is -0.396 e. The Labute approximate surface area is 125 Å². The maximum Gasteiger partial charge on any atom is 0.242 e. The van der Waals surface area contributed by atoms with Crippen molar-refractivity contribution >= 4 is 31.6 Å². The van der Waals surface area contributed by atoms with E-state index >= 15 is 0 Å². The number of nitrogens with one attached hydrogen (secondary N) is 1. The molecule has 0 bridgehead atoms. The number of nitrogen functional groups attached to an aromatic ring is 1. The molecule has 1 fully saturated rings. The first kappa shape index (κ1) is 15.7. The summed E-state index contributed by atoms with van der Waals surface area (Å²) in [4.78, 5) is -0.0581. The van der Waals surface area contributed by atoms with Crippen molar-refractivity contribution < 1.29 is 17.5 Å². The summed E-state index contributed by atoms with van der Waals surface area (Å²) in [6.45, 7) is 0. The lowest BCUT2D eigenvalue weighted by Crippen LogP contribution is -2.33. The first-order valence-electron chi connectivity index (χ1n) is 6.13. The molecule has 0 saturated heterocycles. The van der Waals surface area contributed by atoms with Gasteiger partial charge in [-0.15, -0.1) is 0 Å². The average Bonchev–Trinajstić information content (AvgIpc) is 2.80. The first-order chi connectivity index (χ1) is 9.33. The van der Waals surface area contributed by atoms with Crippen LogP contribution in [0.4, 0.5) is 10.1 Å². The largest absolute Gasteiger partial charge is 0.396 e. The summed E-state index contributed by atoms with van der Waals surface area (Å²) < 4.78 is 45.8. The highest BCUT2D eigenvalue weighted by Crippen LogP contribution is 2.28. The van der Waals surface area contributed by atoms with Crippen LogP contribution in [-0.4, -0.2) is 27.7 Å². The van der Waals surface area contributed by atoms with Crippen LogP contribution in [0.2, 0.25) is 0 Å². The molecule has 5 nitrogen and oxygen atoms in total. The molecule has 1 aliphatic rings. The number of anilines is 1. The number of halogens is 2. The summed E-state index contributed by atoms with van der Waals surface area (Å²) in [5, 5.41) is 0. The normalized spacial score (nSPS) is 23.1. The molecule has 2 atom stereocenters. The lowest BCUT2D eigenvalue weighted by molar-refractivity contribution is 0.107. The van der Waals surface area contributed by atoms with Crippen LogP contribution >= 0.6 is 15.9 Å². The van der Waals surface area contributed by atoms with Gasteiger partial charge < -0.3 is 10.5 Å². The van der Waals surface area contributed by atoms with E-state index in [1.54, 1.807) is 7.11 Å². The molecule has 8 heteroatoms. The molecule has 0 spiro atoms. The lowest BCUT2D eigenvalue weighted by Gasteiger charge is -2.15. The standard InChI is InChI=1S/C12H16BrFN2O3S/c1-19-8-3-2-7(4-8)16-20(17,18)12-6-11(15)10(14)5-9(12)13/h5-8,16H,2-4,15H2,1H3. The van der Waals surface area contributed by atoms with Gasteiger partial charge in [-0.2, -0.15) is 0 Å². The van der Waals surface area contributed by atoms with E-state index in [1.807, 2.05) is 0 Å². The molecule has 2 unspecified atom stereocenters. The van der Waals surface area contributed by atoms with Crippen LogP contribution < -0.4 is 10.5 Å². The third-order valence-electron chi connectivity index (χ3n) is 3.38. The minimum absolute atomic E-state index is 0.0581. The van der Waals surface area contributed by atoms with Crippen molar-refractivity contribution in [2.24, 2.45) is 0 Å². The molecule has 0 heterocycles. The van der Waals surface area contributed by atoms with Gasteiger partial charge in [0, 0.05) is 17.6 Å². The molecular weight excluding hydrogens is 351 g/mol. The Morgan fingerprint density at radius 3 is 2.75 bits per heavy atom. The molecule has 0 amide bonds. The smallest absolute Gasteiger partial charge is 0.242 e. The van der Waals surface area contributed by atoms with Gasteiger partial charge >= 0.3 is 0 Å². The number of sulfonamides is 1. The van der Waals surface area contributed by atoms with Gasteiger partial charge in [-0.25, -0.2) is 17.5 Å². The molecule has 2 rings (SSSR count). The first-order valence-corrected chi connectivity index (χ1v) is 8.40. The van der Waals surface area contributed by atoms with E-state index in [1.165, 1.54) is 0 Å². The predicted molar refractivity (Wildman–Crippen MR) is 77.3 cm³/mol. The van der Waals surface area contributed by atoms with Crippen LogP contribution in [-0.2, 0) is 14.8 Å². The second-order valence-electron chi connectivity index (χ2n) is 4.79. The Kier molecular flexibility index (Phi) is 4.68. The summed E-state index contributed by atoms with van der Waals surface area (Å²) in [7, 11) is -2.13. The fraction of sp³-hybridized carbons (Fsp3) is 0.500. The summed E-state index contributed by atoms with van der Waals surface area (Å²) in [6, 6.07) is 1.99. The van der Waals surface area contributed by atoms with Gasteiger partial charge in [0.1, 0.15) is 5.82 Å². The second kappa shape index (κ2) is 5.97. The molecule has 1 aromatic rings. The quantitative estimate of drug-likeness (QED) is 0.798. The lowest BCUT2D eigenvalue weighted by atomic mass is 10.3. The van der Waals surface area contributed by atoms with Crippen LogP contribution in [0.1, 0.15) is 19.3 Å². The number of nitrogens with two attached hydrogens (primary N) is 1. The van der Waals surface area contributed by atoms with Crippen molar-refractivity contribution in [3.8, 4) is 0 Å². The van der Waals surface area contributed by atoms with Crippen LogP contribution in [0.3, 0.4) is 0 Å². The molecule has 0 aliphatic heterocycles. The van der Waals surface area contributed by atoms with E-state index in [0.717, 1.165) is 18.6 Å². The zero-order chi connectivity index (χ0) is 14.9. The van der Waals surface area contributed by atoms with Crippen molar-refractivity contribution in [1.82, 2.24) is 4.72 Å². The van der Waals surface area contributed by atoms with Gasteiger partial charge in [0.25, 0.3) is 0 Å². The van der Waals surface area contributed by atoms with E-state index < -0.39 is 15.8 Å². The number of rotatable bonds is 4. The van der Waals surface area contributed by atoms with E-state index in [-0.39, 0.29) is 27.2 Å². The minimum atomic E-state index is -3.74. The summed E-state index contributed by atoms with van der Waals surface area (Å²) in [6.07, 6.45) is 2.23. The van der Waals surface area contributed by atoms with E-state index in [0.29, 0.717) is 12.8 Å².